The van der Waals surface area contributed by atoms with E-state index in [2.05, 4.69) is 0 Å². The SMILES string of the molecule is CC1CC(O)[C@H](O)[C@H](C)O1. The third-order valence-electron chi connectivity index (χ3n) is 1.90. The van der Waals surface area contributed by atoms with Gasteiger partial charge in [-0.15, -0.1) is 0 Å². The van der Waals surface area contributed by atoms with Gasteiger partial charge in [0.2, 0.25) is 0 Å². The molecule has 1 heterocycles. The van der Waals surface area contributed by atoms with E-state index in [4.69, 9.17) is 4.74 Å². The van der Waals surface area contributed by atoms with Crippen molar-refractivity contribution in [3.05, 3.63) is 0 Å². The topological polar surface area (TPSA) is 49.7 Å². The number of hydrogen-bond donors (Lipinski definition) is 2. The fourth-order valence-corrected chi connectivity index (χ4v) is 1.29. The van der Waals surface area contributed by atoms with Crippen molar-refractivity contribution in [1.82, 2.24) is 0 Å². The lowest BCUT2D eigenvalue weighted by molar-refractivity contribution is -0.156. The van der Waals surface area contributed by atoms with E-state index in [0.29, 0.717) is 6.42 Å². The second kappa shape index (κ2) is 2.86. The first-order chi connectivity index (χ1) is 4.61. The molecular formula is C7H14O3. The highest BCUT2D eigenvalue weighted by Gasteiger charge is 2.31. The van der Waals surface area contributed by atoms with Crippen LogP contribution in [-0.4, -0.2) is 34.6 Å². The maximum Gasteiger partial charge on any atom is 0.106 e. The Bertz CT molecular complexity index is 103. The van der Waals surface area contributed by atoms with Gasteiger partial charge in [-0.25, -0.2) is 0 Å². The van der Waals surface area contributed by atoms with Gasteiger partial charge in [0.1, 0.15) is 6.10 Å². The van der Waals surface area contributed by atoms with E-state index in [1.54, 1.807) is 6.92 Å². The van der Waals surface area contributed by atoms with Crippen LogP contribution in [0, 0.1) is 0 Å². The molecule has 2 unspecified atom stereocenters. The van der Waals surface area contributed by atoms with Crippen molar-refractivity contribution in [2.75, 3.05) is 0 Å². The summed E-state index contributed by atoms with van der Waals surface area (Å²) < 4.78 is 5.26. The Hall–Kier alpha value is -0.120. The third-order valence-corrected chi connectivity index (χ3v) is 1.90. The van der Waals surface area contributed by atoms with Crippen molar-refractivity contribution in [1.29, 1.82) is 0 Å². The Labute approximate surface area is 60.6 Å². The third kappa shape index (κ3) is 1.48. The minimum absolute atomic E-state index is 0.0633. The molecule has 3 nitrogen and oxygen atoms in total. The Morgan fingerprint density at radius 2 is 1.90 bits per heavy atom. The van der Waals surface area contributed by atoms with Gasteiger partial charge >= 0.3 is 0 Å². The predicted molar refractivity (Wildman–Crippen MR) is 36.6 cm³/mol. The molecule has 4 atom stereocenters. The summed E-state index contributed by atoms with van der Waals surface area (Å²) in [6, 6.07) is 0. The van der Waals surface area contributed by atoms with E-state index in [1.807, 2.05) is 6.92 Å². The number of aliphatic hydroxyl groups is 2. The summed E-state index contributed by atoms with van der Waals surface area (Å²) in [6.45, 7) is 3.66. The van der Waals surface area contributed by atoms with Crippen LogP contribution in [0.1, 0.15) is 20.3 Å². The first-order valence-corrected chi connectivity index (χ1v) is 3.63. The van der Waals surface area contributed by atoms with Gasteiger partial charge < -0.3 is 14.9 Å². The second-order valence-electron chi connectivity index (χ2n) is 2.95. The number of ether oxygens (including phenoxy) is 1. The zero-order valence-electron chi connectivity index (χ0n) is 6.32. The molecule has 60 valence electrons. The molecule has 10 heavy (non-hydrogen) atoms. The fraction of sp³-hybridized carbons (Fsp3) is 1.00. The molecule has 1 rings (SSSR count). The van der Waals surface area contributed by atoms with Crippen LogP contribution in [0.3, 0.4) is 0 Å². The highest BCUT2D eigenvalue weighted by Crippen LogP contribution is 2.19. The standard InChI is InChI=1S/C7H14O3/c1-4-3-6(8)7(9)5(2)10-4/h4-9H,3H2,1-2H3/t4?,5-,6?,7+/m0/s1. The number of rotatable bonds is 0. The molecule has 0 spiro atoms. The summed E-state index contributed by atoms with van der Waals surface area (Å²) in [4.78, 5) is 0. The van der Waals surface area contributed by atoms with Gasteiger partial charge in [0.25, 0.3) is 0 Å². The quantitative estimate of drug-likeness (QED) is 0.502. The average Bonchev–Trinajstić information content (AvgIpc) is 1.82. The molecule has 1 fully saturated rings. The van der Waals surface area contributed by atoms with Gasteiger partial charge in [-0.1, -0.05) is 0 Å². The molecule has 1 aliphatic heterocycles. The summed E-state index contributed by atoms with van der Waals surface area (Å²) in [6.07, 6.45) is -0.965. The van der Waals surface area contributed by atoms with Crippen molar-refractivity contribution in [3.63, 3.8) is 0 Å². The molecule has 0 aromatic heterocycles. The molecule has 0 bridgehead atoms. The molecule has 0 aliphatic carbocycles. The summed E-state index contributed by atoms with van der Waals surface area (Å²) in [5.74, 6) is 0. The summed E-state index contributed by atoms with van der Waals surface area (Å²) >= 11 is 0. The van der Waals surface area contributed by atoms with Crippen molar-refractivity contribution in [2.45, 2.75) is 44.7 Å². The minimum atomic E-state index is -0.712. The molecule has 0 saturated carbocycles. The molecule has 1 aliphatic rings. The monoisotopic (exact) mass is 146 g/mol. The predicted octanol–water partition coefficient (Wildman–Crippen LogP) is -0.0945. The maximum absolute atomic E-state index is 9.19. The Kier molecular flexibility index (Phi) is 2.28. The highest BCUT2D eigenvalue weighted by molar-refractivity contribution is 4.80. The molecule has 0 amide bonds. The number of hydrogen-bond acceptors (Lipinski definition) is 3. The zero-order valence-corrected chi connectivity index (χ0v) is 6.32. The fourth-order valence-electron chi connectivity index (χ4n) is 1.29. The smallest absolute Gasteiger partial charge is 0.106 e. The van der Waals surface area contributed by atoms with Crippen molar-refractivity contribution in [3.8, 4) is 0 Å². The van der Waals surface area contributed by atoms with E-state index in [0.717, 1.165) is 0 Å². The van der Waals surface area contributed by atoms with E-state index in [-0.39, 0.29) is 12.2 Å². The van der Waals surface area contributed by atoms with Gasteiger partial charge in [-0.3, -0.25) is 0 Å². The first kappa shape index (κ1) is 7.98. The molecule has 0 aromatic carbocycles. The van der Waals surface area contributed by atoms with E-state index < -0.39 is 12.2 Å². The molecule has 3 heteroatoms. The zero-order chi connectivity index (χ0) is 7.72. The summed E-state index contributed by atoms with van der Waals surface area (Å²) in [5.41, 5.74) is 0. The van der Waals surface area contributed by atoms with Crippen LogP contribution >= 0.6 is 0 Å². The Morgan fingerprint density at radius 3 is 2.40 bits per heavy atom. The van der Waals surface area contributed by atoms with Gasteiger partial charge in [-0.2, -0.15) is 0 Å². The normalized spacial score (nSPS) is 49.2. The van der Waals surface area contributed by atoms with Gasteiger partial charge in [0.15, 0.2) is 0 Å². The molecule has 0 aromatic rings. The first-order valence-electron chi connectivity index (χ1n) is 3.63. The summed E-state index contributed by atoms with van der Waals surface area (Å²) in [7, 11) is 0. The van der Waals surface area contributed by atoms with Crippen LogP contribution in [0.5, 0.6) is 0 Å². The largest absolute Gasteiger partial charge is 0.390 e. The molecule has 1 saturated heterocycles. The maximum atomic E-state index is 9.19. The van der Waals surface area contributed by atoms with E-state index in [9.17, 15) is 10.2 Å². The Morgan fingerprint density at radius 1 is 1.30 bits per heavy atom. The highest BCUT2D eigenvalue weighted by atomic mass is 16.5. The van der Waals surface area contributed by atoms with Crippen LogP contribution < -0.4 is 0 Å². The van der Waals surface area contributed by atoms with Gasteiger partial charge in [-0.05, 0) is 13.8 Å². The average molecular weight is 146 g/mol. The lowest BCUT2D eigenvalue weighted by Crippen LogP contribution is -2.45. The van der Waals surface area contributed by atoms with Crippen molar-refractivity contribution in [2.24, 2.45) is 0 Å². The van der Waals surface area contributed by atoms with Gasteiger partial charge in [0.05, 0.1) is 18.3 Å². The molecular weight excluding hydrogens is 132 g/mol. The van der Waals surface area contributed by atoms with Gasteiger partial charge in [0, 0.05) is 6.42 Å². The van der Waals surface area contributed by atoms with E-state index >= 15 is 0 Å². The van der Waals surface area contributed by atoms with Crippen LogP contribution in [0.15, 0.2) is 0 Å². The molecule has 2 N–H and O–H groups in total. The van der Waals surface area contributed by atoms with Crippen LogP contribution in [0.2, 0.25) is 0 Å². The molecule has 0 radical (unpaired) electrons. The Balaban J connectivity index is 2.49. The van der Waals surface area contributed by atoms with Crippen LogP contribution in [0.25, 0.3) is 0 Å². The van der Waals surface area contributed by atoms with Crippen molar-refractivity contribution < 1.29 is 14.9 Å². The summed E-state index contributed by atoms with van der Waals surface area (Å²) in [5, 5.41) is 18.4. The van der Waals surface area contributed by atoms with Crippen LogP contribution in [-0.2, 0) is 4.74 Å². The number of aliphatic hydroxyl groups excluding tert-OH is 2. The lowest BCUT2D eigenvalue weighted by atomic mass is 10.00. The van der Waals surface area contributed by atoms with E-state index in [1.165, 1.54) is 0 Å². The van der Waals surface area contributed by atoms with Crippen molar-refractivity contribution >= 4 is 0 Å². The second-order valence-corrected chi connectivity index (χ2v) is 2.95. The van der Waals surface area contributed by atoms with Crippen LogP contribution in [0.4, 0.5) is 0 Å². The lowest BCUT2D eigenvalue weighted by Gasteiger charge is -2.33. The minimum Gasteiger partial charge on any atom is -0.390 e.